The first-order valence-corrected chi connectivity index (χ1v) is 6.71. The molecule has 0 bridgehead atoms. The summed E-state index contributed by atoms with van der Waals surface area (Å²) in [6, 6.07) is 5.06. The molecule has 0 saturated carbocycles. The number of nitrogens with one attached hydrogen (secondary N) is 1. The van der Waals surface area contributed by atoms with E-state index in [1.807, 2.05) is 13.8 Å². The van der Waals surface area contributed by atoms with E-state index in [2.05, 4.69) is 5.32 Å². The molecule has 0 amide bonds. The highest BCUT2D eigenvalue weighted by Crippen LogP contribution is 2.41. The molecule has 0 aromatic heterocycles. The Bertz CT molecular complexity index is 502. The first-order valence-electron chi connectivity index (χ1n) is 6.71. The lowest BCUT2D eigenvalue weighted by atomic mass is 9.70. The fourth-order valence-corrected chi connectivity index (χ4v) is 2.86. The van der Waals surface area contributed by atoms with Gasteiger partial charge in [0.05, 0.1) is 5.56 Å². The van der Waals surface area contributed by atoms with E-state index in [0.717, 1.165) is 6.07 Å². The van der Waals surface area contributed by atoms with Crippen molar-refractivity contribution in [3.8, 4) is 0 Å². The maximum Gasteiger partial charge on any atom is 0.417 e. The molecule has 1 aliphatic heterocycles. The largest absolute Gasteiger partial charge is 0.417 e. The molecule has 1 aliphatic rings. The lowest BCUT2D eigenvalue weighted by molar-refractivity contribution is -0.138. The fraction of sp³-hybridized carbons (Fsp3) is 0.533. The zero-order chi connectivity index (χ0) is 15.0. The number of halogens is 3. The van der Waals surface area contributed by atoms with Crippen molar-refractivity contribution in [2.75, 3.05) is 13.1 Å². The van der Waals surface area contributed by atoms with Gasteiger partial charge in [0, 0.05) is 17.5 Å². The average Bonchev–Trinajstić information content (AvgIpc) is 2.87. The molecule has 0 aliphatic carbocycles. The number of Topliss-reactive ketones (excluding diaryl/α,β-unsaturated/α-hetero) is 1. The Morgan fingerprint density at radius 3 is 2.45 bits per heavy atom. The number of ketones is 1. The van der Waals surface area contributed by atoms with Crippen LogP contribution in [0.5, 0.6) is 0 Å². The third kappa shape index (κ3) is 2.46. The highest BCUT2D eigenvalue weighted by Gasteiger charge is 2.46. The van der Waals surface area contributed by atoms with Gasteiger partial charge in [-0.2, -0.15) is 13.2 Å². The first-order chi connectivity index (χ1) is 9.29. The first kappa shape index (κ1) is 15.0. The van der Waals surface area contributed by atoms with Crippen molar-refractivity contribution < 1.29 is 18.0 Å². The molecule has 20 heavy (non-hydrogen) atoms. The number of carbonyl (C=O) groups is 1. The quantitative estimate of drug-likeness (QED) is 0.861. The van der Waals surface area contributed by atoms with Crippen molar-refractivity contribution in [3.05, 3.63) is 35.4 Å². The van der Waals surface area contributed by atoms with Crippen molar-refractivity contribution >= 4 is 5.78 Å². The molecular formula is C15H18F3NO. The second-order valence-electron chi connectivity index (χ2n) is 5.61. The molecule has 2 nitrogen and oxygen atoms in total. The normalized spacial score (nSPS) is 23.3. The molecule has 0 spiro atoms. The second kappa shape index (κ2) is 5.20. The zero-order valence-corrected chi connectivity index (χ0v) is 11.6. The Balaban J connectivity index is 2.49. The number of alkyl halides is 3. The third-order valence-corrected chi connectivity index (χ3v) is 4.22. The summed E-state index contributed by atoms with van der Waals surface area (Å²) < 4.78 is 39.2. The number of rotatable bonds is 3. The van der Waals surface area contributed by atoms with Crippen LogP contribution in [0.2, 0.25) is 0 Å². The van der Waals surface area contributed by atoms with Crippen LogP contribution in [0.25, 0.3) is 0 Å². The second-order valence-corrected chi connectivity index (χ2v) is 5.61. The molecule has 110 valence electrons. The summed E-state index contributed by atoms with van der Waals surface area (Å²) in [5.74, 6) is -0.406. The highest BCUT2D eigenvalue weighted by atomic mass is 19.4. The molecule has 1 N–H and O–H groups in total. The van der Waals surface area contributed by atoms with Crippen LogP contribution in [0.1, 0.15) is 36.2 Å². The monoisotopic (exact) mass is 285 g/mol. The topological polar surface area (TPSA) is 29.1 Å². The van der Waals surface area contributed by atoms with Crippen LogP contribution in [0.3, 0.4) is 0 Å². The van der Waals surface area contributed by atoms with Crippen molar-refractivity contribution in [2.24, 2.45) is 11.3 Å². The third-order valence-electron chi connectivity index (χ3n) is 4.22. The van der Waals surface area contributed by atoms with E-state index in [0.29, 0.717) is 19.5 Å². The van der Waals surface area contributed by atoms with E-state index in [1.54, 1.807) is 0 Å². The Kier molecular flexibility index (Phi) is 3.91. The molecule has 1 fully saturated rings. The van der Waals surface area contributed by atoms with E-state index < -0.39 is 22.9 Å². The van der Waals surface area contributed by atoms with Crippen molar-refractivity contribution in [2.45, 2.75) is 26.4 Å². The average molecular weight is 285 g/mol. The van der Waals surface area contributed by atoms with E-state index in [1.165, 1.54) is 18.2 Å². The summed E-state index contributed by atoms with van der Waals surface area (Å²) in [6.45, 7) is 4.88. The van der Waals surface area contributed by atoms with E-state index >= 15 is 0 Å². The predicted molar refractivity (Wildman–Crippen MR) is 70.5 cm³/mol. The molecule has 1 atom stereocenters. The minimum atomic E-state index is -4.50. The van der Waals surface area contributed by atoms with Gasteiger partial charge in [-0.05, 0) is 24.9 Å². The molecule has 1 heterocycles. The SMILES string of the molecule is CC(C)C1(C(=O)c2ccccc2C(F)(F)F)CCNC1. The van der Waals surface area contributed by atoms with Gasteiger partial charge in [-0.25, -0.2) is 0 Å². The maximum atomic E-state index is 13.1. The summed E-state index contributed by atoms with van der Waals surface area (Å²) in [6.07, 6.45) is -3.92. The van der Waals surface area contributed by atoms with Crippen LogP contribution in [-0.4, -0.2) is 18.9 Å². The number of hydrogen-bond acceptors (Lipinski definition) is 2. The number of hydrogen-bond donors (Lipinski definition) is 1. The van der Waals surface area contributed by atoms with Gasteiger partial charge in [-0.15, -0.1) is 0 Å². The molecule has 1 unspecified atom stereocenters. The van der Waals surface area contributed by atoms with Gasteiger partial charge < -0.3 is 5.32 Å². The number of carbonyl (C=O) groups excluding carboxylic acids is 1. The molecule has 5 heteroatoms. The van der Waals surface area contributed by atoms with E-state index in [-0.39, 0.29) is 11.5 Å². The highest BCUT2D eigenvalue weighted by molar-refractivity contribution is 6.02. The summed E-state index contributed by atoms with van der Waals surface area (Å²) in [4.78, 5) is 12.7. The lowest BCUT2D eigenvalue weighted by Crippen LogP contribution is -2.39. The smallest absolute Gasteiger partial charge is 0.316 e. The van der Waals surface area contributed by atoms with E-state index in [4.69, 9.17) is 0 Å². The van der Waals surface area contributed by atoms with Crippen LogP contribution in [0.15, 0.2) is 24.3 Å². The Hall–Kier alpha value is -1.36. The fourth-order valence-electron chi connectivity index (χ4n) is 2.86. The Morgan fingerprint density at radius 1 is 1.30 bits per heavy atom. The molecule has 0 radical (unpaired) electrons. The van der Waals surface area contributed by atoms with Crippen molar-refractivity contribution in [1.82, 2.24) is 5.32 Å². The lowest BCUT2D eigenvalue weighted by Gasteiger charge is -2.32. The van der Waals surface area contributed by atoms with Crippen LogP contribution in [-0.2, 0) is 6.18 Å². The van der Waals surface area contributed by atoms with Gasteiger partial charge in [0.1, 0.15) is 0 Å². The summed E-state index contributed by atoms with van der Waals surface area (Å²) in [7, 11) is 0. The van der Waals surface area contributed by atoms with Gasteiger partial charge in [-0.1, -0.05) is 32.0 Å². The maximum absolute atomic E-state index is 13.1. The molecule has 1 aromatic rings. The number of benzene rings is 1. The molecule has 2 rings (SSSR count). The Labute approximate surface area is 116 Å². The van der Waals surface area contributed by atoms with Crippen molar-refractivity contribution in [1.29, 1.82) is 0 Å². The molecule has 1 saturated heterocycles. The van der Waals surface area contributed by atoms with Crippen LogP contribution in [0.4, 0.5) is 13.2 Å². The summed E-state index contributed by atoms with van der Waals surface area (Å²) in [5.41, 5.74) is -1.78. The van der Waals surface area contributed by atoms with Gasteiger partial charge in [0.25, 0.3) is 0 Å². The standard InChI is InChI=1S/C15H18F3NO/c1-10(2)14(7-8-19-9-14)13(20)11-5-3-4-6-12(11)15(16,17)18/h3-6,10,19H,7-9H2,1-2H3. The van der Waals surface area contributed by atoms with Crippen molar-refractivity contribution in [3.63, 3.8) is 0 Å². The summed E-state index contributed by atoms with van der Waals surface area (Å²) >= 11 is 0. The van der Waals surface area contributed by atoms with Gasteiger partial charge >= 0.3 is 6.18 Å². The van der Waals surface area contributed by atoms with Crippen LogP contribution < -0.4 is 5.32 Å². The minimum absolute atomic E-state index is 0.00807. The Morgan fingerprint density at radius 2 is 1.95 bits per heavy atom. The van der Waals surface area contributed by atoms with Gasteiger partial charge in [-0.3, -0.25) is 4.79 Å². The van der Waals surface area contributed by atoms with Gasteiger partial charge in [0.15, 0.2) is 5.78 Å². The van der Waals surface area contributed by atoms with E-state index in [9.17, 15) is 18.0 Å². The van der Waals surface area contributed by atoms with Crippen LogP contribution >= 0.6 is 0 Å². The molecular weight excluding hydrogens is 267 g/mol. The minimum Gasteiger partial charge on any atom is -0.316 e. The van der Waals surface area contributed by atoms with Gasteiger partial charge in [0.2, 0.25) is 0 Å². The zero-order valence-electron chi connectivity index (χ0n) is 11.6. The predicted octanol–water partition coefficient (Wildman–Crippen LogP) is 3.52. The van der Waals surface area contributed by atoms with Crippen LogP contribution in [0, 0.1) is 11.3 Å². The molecule has 1 aromatic carbocycles. The summed E-state index contributed by atoms with van der Waals surface area (Å²) in [5, 5.41) is 3.10.